The van der Waals surface area contributed by atoms with E-state index in [-0.39, 0.29) is 0 Å². The van der Waals surface area contributed by atoms with Crippen molar-refractivity contribution in [3.63, 3.8) is 0 Å². The quantitative estimate of drug-likeness (QED) is 0.386. The Morgan fingerprint density at radius 3 is 2.65 bits per heavy atom. The van der Waals surface area contributed by atoms with Crippen LogP contribution in [0.2, 0.25) is 0 Å². The van der Waals surface area contributed by atoms with E-state index in [1.165, 1.54) is 17.5 Å². The van der Waals surface area contributed by atoms with Gasteiger partial charge in [-0.15, -0.1) is 0 Å². The normalized spacial score (nSPS) is 14.6. The number of hydrogen-bond donors (Lipinski definition) is 2. The summed E-state index contributed by atoms with van der Waals surface area (Å²) in [6.45, 7) is 2.23. The molecule has 0 saturated heterocycles. The van der Waals surface area contributed by atoms with Crippen molar-refractivity contribution in [2.45, 2.75) is 24.2 Å². The number of benzene rings is 2. The molecule has 0 bridgehead atoms. The molecule has 2 heterocycles. The molecule has 1 unspecified atom stereocenters. The zero-order valence-corrected chi connectivity index (χ0v) is 18.2. The van der Waals surface area contributed by atoms with Crippen LogP contribution in [0.15, 0.2) is 58.1 Å². The summed E-state index contributed by atoms with van der Waals surface area (Å²) in [5.74, 6) is 3.35. The minimum absolute atomic E-state index is 0.351. The summed E-state index contributed by atoms with van der Waals surface area (Å²) in [5, 5.41) is 11.4. The van der Waals surface area contributed by atoms with Crippen LogP contribution in [-0.4, -0.2) is 29.6 Å². The molecule has 0 spiro atoms. The van der Waals surface area contributed by atoms with E-state index in [9.17, 15) is 0 Å². The molecule has 8 heteroatoms. The summed E-state index contributed by atoms with van der Waals surface area (Å²) in [6, 6.07) is 14.1. The van der Waals surface area contributed by atoms with Crippen molar-refractivity contribution in [1.82, 2.24) is 15.4 Å². The van der Waals surface area contributed by atoms with Gasteiger partial charge in [0, 0.05) is 22.9 Å². The zero-order valence-electron chi connectivity index (χ0n) is 17.4. The molecule has 2 N–H and O–H groups in total. The number of aromatic nitrogens is 3. The lowest BCUT2D eigenvalue weighted by Gasteiger charge is -2.22. The number of ether oxygens (including phenoxy) is 2. The Morgan fingerprint density at radius 1 is 1.13 bits per heavy atom. The number of anilines is 1. The lowest BCUT2D eigenvalue weighted by Crippen LogP contribution is -2.08. The van der Waals surface area contributed by atoms with Gasteiger partial charge in [-0.1, -0.05) is 30.3 Å². The molecule has 1 aliphatic rings. The van der Waals surface area contributed by atoms with Crippen molar-refractivity contribution in [2.75, 3.05) is 18.9 Å². The summed E-state index contributed by atoms with van der Waals surface area (Å²) < 4.78 is 20.1. The first-order valence-corrected chi connectivity index (χ1v) is 10.8. The van der Waals surface area contributed by atoms with Crippen LogP contribution in [0.3, 0.4) is 0 Å². The highest BCUT2D eigenvalue weighted by Gasteiger charge is 2.29. The molecule has 1 aliphatic carbocycles. The van der Waals surface area contributed by atoms with Gasteiger partial charge >= 0.3 is 0 Å². The molecule has 0 aliphatic heterocycles. The van der Waals surface area contributed by atoms with Crippen LogP contribution in [0.5, 0.6) is 11.5 Å². The summed E-state index contributed by atoms with van der Waals surface area (Å²) in [4.78, 5) is 0.857. The predicted octanol–water partition coefficient (Wildman–Crippen LogP) is 5.53. The van der Waals surface area contributed by atoms with Crippen molar-refractivity contribution in [2.24, 2.45) is 0 Å². The van der Waals surface area contributed by atoms with Gasteiger partial charge < -0.3 is 18.7 Å². The van der Waals surface area contributed by atoms with Gasteiger partial charge in [-0.2, -0.15) is 5.10 Å². The van der Waals surface area contributed by atoms with Crippen LogP contribution in [0.4, 0.5) is 5.82 Å². The van der Waals surface area contributed by atoms with E-state index >= 15 is 0 Å². The van der Waals surface area contributed by atoms with E-state index in [2.05, 4.69) is 45.2 Å². The maximum atomic E-state index is 5.82. The summed E-state index contributed by atoms with van der Waals surface area (Å²) in [6.07, 6.45) is 2.60. The second kappa shape index (κ2) is 8.03. The molecule has 0 fully saturated rings. The van der Waals surface area contributed by atoms with Crippen molar-refractivity contribution in [3.8, 4) is 34.1 Å². The Bertz CT molecular complexity index is 1200. The van der Waals surface area contributed by atoms with Crippen molar-refractivity contribution in [3.05, 3.63) is 59.8 Å². The zero-order chi connectivity index (χ0) is 21.4. The smallest absolute Gasteiger partial charge is 0.183 e. The van der Waals surface area contributed by atoms with Crippen LogP contribution in [0.1, 0.15) is 24.0 Å². The van der Waals surface area contributed by atoms with Crippen molar-refractivity contribution in [1.29, 1.82) is 0 Å². The van der Waals surface area contributed by atoms with E-state index in [1.807, 2.05) is 24.3 Å². The number of H-pyrrole nitrogens is 1. The molecule has 5 rings (SSSR count). The highest BCUT2D eigenvalue weighted by atomic mass is 32.2. The number of nitrogens with zero attached hydrogens (tertiary/aromatic N) is 2. The second-order valence-corrected chi connectivity index (χ2v) is 8.23. The molecule has 2 aromatic carbocycles. The number of methoxy groups -OCH3 is 2. The van der Waals surface area contributed by atoms with E-state index in [1.54, 1.807) is 20.4 Å². The average Bonchev–Trinajstić information content (AvgIpc) is 3.48. The van der Waals surface area contributed by atoms with Gasteiger partial charge in [0.2, 0.25) is 0 Å². The average molecular weight is 435 g/mol. The molecule has 7 nitrogen and oxygen atoms in total. The lowest BCUT2D eigenvalue weighted by atomic mass is 9.82. The van der Waals surface area contributed by atoms with E-state index in [4.69, 9.17) is 14.0 Å². The minimum Gasteiger partial charge on any atom is -0.495 e. The summed E-state index contributed by atoms with van der Waals surface area (Å²) >= 11 is 1.40. The molecular weight excluding hydrogens is 412 g/mol. The van der Waals surface area contributed by atoms with Crippen LogP contribution in [0.25, 0.3) is 22.6 Å². The first kappa shape index (κ1) is 19.6. The van der Waals surface area contributed by atoms with E-state index in [0.29, 0.717) is 5.92 Å². The largest absolute Gasteiger partial charge is 0.495 e. The SMILES string of the molecule is COc1cccc(OC)c1SNc1noc2c1CC(C)c1ccc(-c3ccn[nH]3)cc1-2. The van der Waals surface area contributed by atoms with Crippen LogP contribution in [0, 0.1) is 0 Å². The molecule has 0 saturated carbocycles. The Balaban J connectivity index is 1.48. The first-order chi connectivity index (χ1) is 15.2. The summed E-state index contributed by atoms with van der Waals surface area (Å²) in [5.41, 5.74) is 5.44. The number of aromatic amines is 1. The molecule has 1 atom stereocenters. The molecule has 2 aromatic heterocycles. The lowest BCUT2D eigenvalue weighted by molar-refractivity contribution is 0.376. The fourth-order valence-electron chi connectivity index (χ4n) is 3.99. The Morgan fingerprint density at radius 2 is 1.94 bits per heavy atom. The fourth-order valence-corrected chi connectivity index (χ4v) is 4.85. The third-order valence-electron chi connectivity index (χ3n) is 5.57. The first-order valence-electron chi connectivity index (χ1n) is 9.96. The van der Waals surface area contributed by atoms with Crippen LogP contribution >= 0.6 is 11.9 Å². The van der Waals surface area contributed by atoms with Crippen LogP contribution < -0.4 is 14.2 Å². The van der Waals surface area contributed by atoms with Gasteiger partial charge in [-0.3, -0.25) is 5.10 Å². The molecule has 0 radical (unpaired) electrons. The predicted molar refractivity (Wildman–Crippen MR) is 121 cm³/mol. The summed E-state index contributed by atoms with van der Waals surface area (Å²) in [7, 11) is 3.29. The molecule has 158 valence electrons. The van der Waals surface area contributed by atoms with Gasteiger partial charge in [0.05, 0.1) is 19.9 Å². The second-order valence-electron chi connectivity index (χ2n) is 7.41. The van der Waals surface area contributed by atoms with Crippen molar-refractivity contribution < 1.29 is 14.0 Å². The Kier molecular flexibility index (Phi) is 5.07. The number of fused-ring (bicyclic) bond motifs is 3. The third-order valence-corrected chi connectivity index (χ3v) is 6.47. The Labute approximate surface area is 184 Å². The van der Waals surface area contributed by atoms with Crippen molar-refractivity contribution >= 4 is 17.8 Å². The van der Waals surface area contributed by atoms with Gasteiger partial charge in [0.1, 0.15) is 16.4 Å². The van der Waals surface area contributed by atoms with Crippen LogP contribution in [-0.2, 0) is 6.42 Å². The number of hydrogen-bond acceptors (Lipinski definition) is 7. The number of nitrogens with one attached hydrogen (secondary N) is 2. The van der Waals surface area contributed by atoms with Gasteiger partial charge in [-0.05, 0) is 54.1 Å². The highest BCUT2D eigenvalue weighted by molar-refractivity contribution is 8.00. The standard InChI is InChI=1S/C23H22N4O3S/c1-13-11-17-21(16-12-14(7-8-15(13)16)18-9-10-24-25-18)30-26-23(17)27-31-22-19(28-2)5-4-6-20(22)29-3/h4-10,12-13H,11H2,1-3H3,(H,24,25)(H,26,27). The molecule has 31 heavy (non-hydrogen) atoms. The minimum atomic E-state index is 0.351. The Hall–Kier alpha value is -3.39. The molecular formula is C23H22N4O3S. The van der Waals surface area contributed by atoms with Gasteiger partial charge in [0.25, 0.3) is 0 Å². The fraction of sp³-hybridized carbons (Fsp3) is 0.217. The molecule has 0 amide bonds. The van der Waals surface area contributed by atoms with Gasteiger partial charge in [-0.25, -0.2) is 0 Å². The maximum Gasteiger partial charge on any atom is 0.183 e. The van der Waals surface area contributed by atoms with E-state index in [0.717, 1.165) is 56.8 Å². The third kappa shape index (κ3) is 3.42. The van der Waals surface area contributed by atoms with E-state index < -0.39 is 0 Å². The van der Waals surface area contributed by atoms with Gasteiger partial charge in [0.15, 0.2) is 11.6 Å². The highest BCUT2D eigenvalue weighted by Crippen LogP contribution is 2.45. The topological polar surface area (TPSA) is 85.2 Å². The number of rotatable bonds is 6. The molecule has 4 aromatic rings. The monoisotopic (exact) mass is 434 g/mol. The maximum absolute atomic E-state index is 5.82.